The lowest BCUT2D eigenvalue weighted by Gasteiger charge is -2.21. The third-order valence-corrected chi connectivity index (χ3v) is 2.73. The molecule has 2 nitrogen and oxygen atoms in total. The lowest BCUT2D eigenvalue weighted by atomic mass is 9.94. The average molecular weight is 181 g/mol. The zero-order valence-electron chi connectivity index (χ0n) is 7.26. The molecule has 0 fully saturated rings. The van der Waals surface area contributed by atoms with Crippen LogP contribution >= 0.6 is 0 Å². The standard InChI is InChI=1S/C10H12FNO/c11-8-1-2-9-7(5-8)3-4-10(9,12)6-13/h1-2,5,13H,3-4,6,12H2. The van der Waals surface area contributed by atoms with Crippen molar-refractivity contribution in [1.29, 1.82) is 0 Å². The molecule has 0 saturated carbocycles. The molecular formula is C10H12FNO. The predicted molar refractivity (Wildman–Crippen MR) is 47.7 cm³/mol. The van der Waals surface area contributed by atoms with Gasteiger partial charge in [-0.2, -0.15) is 0 Å². The Balaban J connectivity index is 2.49. The summed E-state index contributed by atoms with van der Waals surface area (Å²) in [4.78, 5) is 0. The van der Waals surface area contributed by atoms with Crippen LogP contribution in [-0.4, -0.2) is 11.7 Å². The maximum atomic E-state index is 12.8. The van der Waals surface area contributed by atoms with E-state index in [0.717, 1.165) is 17.5 Å². The summed E-state index contributed by atoms with van der Waals surface area (Å²) in [5, 5.41) is 9.12. The Morgan fingerprint density at radius 2 is 2.31 bits per heavy atom. The number of benzene rings is 1. The lowest BCUT2D eigenvalue weighted by Crippen LogP contribution is -2.37. The molecule has 0 saturated heterocycles. The van der Waals surface area contributed by atoms with Crippen molar-refractivity contribution in [1.82, 2.24) is 0 Å². The third kappa shape index (κ3) is 1.24. The maximum Gasteiger partial charge on any atom is 0.123 e. The van der Waals surface area contributed by atoms with E-state index in [9.17, 15) is 4.39 Å². The van der Waals surface area contributed by atoms with Crippen LogP contribution in [0.15, 0.2) is 18.2 Å². The first-order chi connectivity index (χ1) is 6.15. The molecule has 1 aromatic rings. The van der Waals surface area contributed by atoms with Crippen molar-refractivity contribution in [3.63, 3.8) is 0 Å². The van der Waals surface area contributed by atoms with Gasteiger partial charge in [0, 0.05) is 0 Å². The molecule has 0 spiro atoms. The van der Waals surface area contributed by atoms with Gasteiger partial charge >= 0.3 is 0 Å². The molecule has 70 valence electrons. The van der Waals surface area contributed by atoms with Crippen LogP contribution in [0.4, 0.5) is 4.39 Å². The first-order valence-corrected chi connectivity index (χ1v) is 4.34. The number of hydrogen-bond donors (Lipinski definition) is 2. The molecule has 0 radical (unpaired) electrons. The van der Waals surface area contributed by atoms with Crippen LogP contribution in [0.1, 0.15) is 17.5 Å². The molecule has 3 heteroatoms. The van der Waals surface area contributed by atoms with Gasteiger partial charge in [0.2, 0.25) is 0 Å². The van der Waals surface area contributed by atoms with E-state index >= 15 is 0 Å². The molecular weight excluding hydrogens is 169 g/mol. The van der Waals surface area contributed by atoms with E-state index in [1.54, 1.807) is 6.07 Å². The molecule has 1 aromatic carbocycles. The van der Waals surface area contributed by atoms with Crippen LogP contribution in [-0.2, 0) is 12.0 Å². The summed E-state index contributed by atoms with van der Waals surface area (Å²) in [5.74, 6) is -0.235. The second-order valence-corrected chi connectivity index (χ2v) is 3.62. The van der Waals surface area contributed by atoms with Gasteiger partial charge in [-0.25, -0.2) is 4.39 Å². The summed E-state index contributed by atoms with van der Waals surface area (Å²) < 4.78 is 12.8. The molecule has 0 aliphatic heterocycles. The molecule has 2 rings (SSSR count). The summed E-state index contributed by atoms with van der Waals surface area (Å²) in [5.41, 5.74) is 7.11. The number of fused-ring (bicyclic) bond motifs is 1. The fourth-order valence-corrected chi connectivity index (χ4v) is 1.91. The zero-order valence-corrected chi connectivity index (χ0v) is 7.26. The molecule has 1 aliphatic carbocycles. The Labute approximate surface area is 76.2 Å². The van der Waals surface area contributed by atoms with Crippen LogP contribution in [0.3, 0.4) is 0 Å². The Hall–Kier alpha value is -0.930. The van der Waals surface area contributed by atoms with E-state index in [2.05, 4.69) is 0 Å². The van der Waals surface area contributed by atoms with E-state index < -0.39 is 5.54 Å². The number of aryl methyl sites for hydroxylation is 1. The number of hydrogen-bond acceptors (Lipinski definition) is 2. The van der Waals surface area contributed by atoms with E-state index in [1.807, 2.05) is 0 Å². The molecule has 1 aliphatic rings. The van der Waals surface area contributed by atoms with Crippen molar-refractivity contribution < 1.29 is 9.50 Å². The zero-order chi connectivity index (χ0) is 9.47. The van der Waals surface area contributed by atoms with Crippen molar-refractivity contribution in [2.24, 2.45) is 5.73 Å². The third-order valence-electron chi connectivity index (χ3n) is 2.73. The summed E-state index contributed by atoms with van der Waals surface area (Å²) in [6, 6.07) is 4.56. The van der Waals surface area contributed by atoms with Gasteiger partial charge in [0.1, 0.15) is 5.82 Å². The van der Waals surface area contributed by atoms with Gasteiger partial charge < -0.3 is 10.8 Å². The van der Waals surface area contributed by atoms with Gasteiger partial charge in [-0.3, -0.25) is 0 Å². The summed E-state index contributed by atoms with van der Waals surface area (Å²) in [7, 11) is 0. The highest BCUT2D eigenvalue weighted by molar-refractivity contribution is 5.38. The van der Waals surface area contributed by atoms with Crippen LogP contribution in [0, 0.1) is 5.82 Å². The minimum Gasteiger partial charge on any atom is -0.394 e. The first kappa shape index (κ1) is 8.66. The monoisotopic (exact) mass is 181 g/mol. The van der Waals surface area contributed by atoms with Crippen LogP contribution in [0.25, 0.3) is 0 Å². The van der Waals surface area contributed by atoms with E-state index in [-0.39, 0.29) is 12.4 Å². The van der Waals surface area contributed by atoms with Gasteiger partial charge in [-0.05, 0) is 36.1 Å². The van der Waals surface area contributed by atoms with Gasteiger partial charge in [0.05, 0.1) is 12.1 Å². The Bertz CT molecular complexity index is 340. The minimum absolute atomic E-state index is 0.0777. The second kappa shape index (κ2) is 2.79. The second-order valence-electron chi connectivity index (χ2n) is 3.62. The molecule has 0 bridgehead atoms. The van der Waals surface area contributed by atoms with Crippen molar-refractivity contribution in [2.45, 2.75) is 18.4 Å². The topological polar surface area (TPSA) is 46.2 Å². The van der Waals surface area contributed by atoms with Crippen molar-refractivity contribution in [3.8, 4) is 0 Å². The molecule has 0 heterocycles. The van der Waals surface area contributed by atoms with Crippen molar-refractivity contribution >= 4 is 0 Å². The number of nitrogens with two attached hydrogens (primary N) is 1. The fraction of sp³-hybridized carbons (Fsp3) is 0.400. The van der Waals surface area contributed by atoms with Crippen LogP contribution in [0.2, 0.25) is 0 Å². The lowest BCUT2D eigenvalue weighted by molar-refractivity contribution is 0.197. The fourth-order valence-electron chi connectivity index (χ4n) is 1.91. The Morgan fingerprint density at radius 1 is 1.54 bits per heavy atom. The molecule has 1 unspecified atom stereocenters. The molecule has 1 atom stereocenters. The van der Waals surface area contributed by atoms with Crippen molar-refractivity contribution in [2.75, 3.05) is 6.61 Å². The number of aliphatic hydroxyl groups excluding tert-OH is 1. The highest BCUT2D eigenvalue weighted by atomic mass is 19.1. The number of halogens is 1. The van der Waals surface area contributed by atoms with Crippen LogP contribution < -0.4 is 5.73 Å². The smallest absolute Gasteiger partial charge is 0.123 e. The minimum atomic E-state index is -0.650. The number of aliphatic hydroxyl groups is 1. The van der Waals surface area contributed by atoms with E-state index in [0.29, 0.717) is 6.42 Å². The SMILES string of the molecule is NC1(CO)CCc2cc(F)ccc21. The average Bonchev–Trinajstić information content (AvgIpc) is 2.45. The molecule has 0 aromatic heterocycles. The number of rotatable bonds is 1. The summed E-state index contributed by atoms with van der Waals surface area (Å²) in [6.07, 6.45) is 1.45. The van der Waals surface area contributed by atoms with Gasteiger partial charge in [0.25, 0.3) is 0 Å². The Kier molecular flexibility index (Phi) is 1.86. The highest BCUT2D eigenvalue weighted by Crippen LogP contribution is 2.34. The van der Waals surface area contributed by atoms with Crippen LogP contribution in [0.5, 0.6) is 0 Å². The van der Waals surface area contributed by atoms with Gasteiger partial charge in [-0.1, -0.05) is 6.07 Å². The molecule has 3 N–H and O–H groups in total. The first-order valence-electron chi connectivity index (χ1n) is 4.34. The quantitative estimate of drug-likeness (QED) is 0.676. The van der Waals surface area contributed by atoms with Crippen molar-refractivity contribution in [3.05, 3.63) is 35.1 Å². The molecule has 13 heavy (non-hydrogen) atoms. The predicted octanol–water partition coefficient (Wildman–Crippen LogP) is 0.918. The normalized spacial score (nSPS) is 26.1. The van der Waals surface area contributed by atoms with E-state index in [1.165, 1.54) is 12.1 Å². The maximum absolute atomic E-state index is 12.8. The highest BCUT2D eigenvalue weighted by Gasteiger charge is 2.34. The summed E-state index contributed by atoms with van der Waals surface area (Å²) >= 11 is 0. The largest absolute Gasteiger partial charge is 0.394 e. The Morgan fingerprint density at radius 3 is 3.00 bits per heavy atom. The molecule has 0 amide bonds. The van der Waals surface area contributed by atoms with Gasteiger partial charge in [0.15, 0.2) is 0 Å². The van der Waals surface area contributed by atoms with E-state index in [4.69, 9.17) is 10.8 Å². The summed E-state index contributed by atoms with van der Waals surface area (Å²) in [6.45, 7) is -0.0777. The van der Waals surface area contributed by atoms with Gasteiger partial charge in [-0.15, -0.1) is 0 Å².